The highest BCUT2D eigenvalue weighted by Crippen LogP contribution is 2.27. The van der Waals surface area contributed by atoms with Gasteiger partial charge < -0.3 is 5.32 Å². The summed E-state index contributed by atoms with van der Waals surface area (Å²) in [5.41, 5.74) is 0. The second kappa shape index (κ2) is 5.18. The average Bonchev–Trinajstić information content (AvgIpc) is 2.52. The van der Waals surface area contributed by atoms with Crippen LogP contribution in [0, 0.1) is 12.3 Å². The summed E-state index contributed by atoms with van der Waals surface area (Å²) in [5, 5.41) is 3.67. The van der Waals surface area contributed by atoms with Crippen molar-refractivity contribution in [3.8, 4) is 12.3 Å². The van der Waals surface area contributed by atoms with Crippen LogP contribution in [-0.2, 0) is 4.79 Å². The Morgan fingerprint density at radius 3 is 3.00 bits per heavy atom. The Kier molecular flexibility index (Phi) is 4.17. The van der Waals surface area contributed by atoms with Crippen molar-refractivity contribution in [2.75, 3.05) is 6.26 Å². The van der Waals surface area contributed by atoms with Crippen LogP contribution < -0.4 is 5.32 Å². The second-order valence-corrected chi connectivity index (χ2v) is 4.45. The van der Waals surface area contributed by atoms with Crippen LogP contribution in [0.2, 0.25) is 0 Å². The van der Waals surface area contributed by atoms with Gasteiger partial charge in [-0.1, -0.05) is 5.92 Å². The van der Waals surface area contributed by atoms with Gasteiger partial charge in [0.25, 0.3) is 0 Å². The molecule has 1 amide bonds. The number of nitrogens with one attached hydrogen (secondary N) is 1. The number of hydrogen-bond acceptors (Lipinski definition) is 2. The lowest BCUT2D eigenvalue weighted by Gasteiger charge is -2.11. The molecule has 0 aromatic rings. The quantitative estimate of drug-likeness (QED) is 0.693. The number of terminal acetylenes is 1. The Morgan fingerprint density at radius 1 is 1.69 bits per heavy atom. The molecule has 0 spiro atoms. The van der Waals surface area contributed by atoms with Crippen LogP contribution in [0.3, 0.4) is 0 Å². The van der Waals surface area contributed by atoms with Crippen molar-refractivity contribution in [3.63, 3.8) is 0 Å². The van der Waals surface area contributed by atoms with E-state index in [-0.39, 0.29) is 12.3 Å². The van der Waals surface area contributed by atoms with Gasteiger partial charge in [0.05, 0.1) is 6.42 Å². The van der Waals surface area contributed by atoms with Crippen LogP contribution in [-0.4, -0.2) is 23.5 Å². The zero-order valence-corrected chi connectivity index (χ0v) is 8.69. The summed E-state index contributed by atoms with van der Waals surface area (Å²) in [4.78, 5) is 11.1. The minimum Gasteiger partial charge on any atom is -0.353 e. The molecule has 1 aliphatic carbocycles. The normalized spacial score (nSPS) is 26.8. The fraction of sp³-hybridized carbons (Fsp3) is 0.700. The fourth-order valence-electron chi connectivity index (χ4n) is 1.66. The average molecular weight is 197 g/mol. The molecule has 1 rings (SSSR count). The standard InChI is InChI=1S/C10H15NOS/c1-3-4-10(12)11-8-5-6-9(7-8)13-2/h1,8-9H,4-7H2,2H3,(H,11,12). The van der Waals surface area contributed by atoms with Crippen LogP contribution in [0.4, 0.5) is 0 Å². The molecule has 1 N–H and O–H groups in total. The van der Waals surface area contributed by atoms with E-state index < -0.39 is 0 Å². The van der Waals surface area contributed by atoms with Gasteiger partial charge in [0, 0.05) is 11.3 Å². The van der Waals surface area contributed by atoms with E-state index >= 15 is 0 Å². The van der Waals surface area contributed by atoms with Crippen LogP contribution >= 0.6 is 11.8 Å². The summed E-state index contributed by atoms with van der Waals surface area (Å²) in [7, 11) is 0. The maximum absolute atomic E-state index is 11.1. The number of carbonyl (C=O) groups is 1. The predicted molar refractivity (Wildman–Crippen MR) is 56.5 cm³/mol. The third-order valence-corrected chi connectivity index (χ3v) is 3.44. The minimum absolute atomic E-state index is 0.00532. The molecule has 0 heterocycles. The van der Waals surface area contributed by atoms with Crippen LogP contribution in [0.25, 0.3) is 0 Å². The molecule has 3 heteroatoms. The monoisotopic (exact) mass is 197 g/mol. The maximum Gasteiger partial charge on any atom is 0.232 e. The Balaban J connectivity index is 2.24. The molecule has 2 atom stereocenters. The molecule has 1 fully saturated rings. The van der Waals surface area contributed by atoms with Gasteiger partial charge in [-0.15, -0.1) is 6.42 Å². The Hall–Kier alpha value is -0.620. The first-order valence-corrected chi connectivity index (χ1v) is 5.80. The molecule has 0 aliphatic heterocycles. The first-order valence-electron chi connectivity index (χ1n) is 4.52. The third-order valence-electron chi connectivity index (χ3n) is 2.35. The van der Waals surface area contributed by atoms with Crippen molar-refractivity contribution in [2.45, 2.75) is 37.0 Å². The zero-order chi connectivity index (χ0) is 9.68. The van der Waals surface area contributed by atoms with E-state index in [9.17, 15) is 4.79 Å². The van der Waals surface area contributed by atoms with Gasteiger partial charge in [0.15, 0.2) is 0 Å². The van der Waals surface area contributed by atoms with Gasteiger partial charge in [-0.25, -0.2) is 0 Å². The molecule has 2 nitrogen and oxygen atoms in total. The van der Waals surface area contributed by atoms with Gasteiger partial charge in [0.2, 0.25) is 5.91 Å². The van der Waals surface area contributed by atoms with Crippen molar-refractivity contribution in [1.82, 2.24) is 5.32 Å². The maximum atomic E-state index is 11.1. The number of rotatable bonds is 3. The highest BCUT2D eigenvalue weighted by Gasteiger charge is 2.24. The highest BCUT2D eigenvalue weighted by atomic mass is 32.2. The lowest BCUT2D eigenvalue weighted by Crippen LogP contribution is -2.32. The first kappa shape index (κ1) is 10.5. The molecular formula is C10H15NOS. The number of thioether (sulfide) groups is 1. The molecule has 13 heavy (non-hydrogen) atoms. The molecule has 0 bridgehead atoms. The zero-order valence-electron chi connectivity index (χ0n) is 7.88. The molecule has 1 aliphatic rings. The van der Waals surface area contributed by atoms with E-state index in [4.69, 9.17) is 6.42 Å². The molecule has 0 saturated heterocycles. The lowest BCUT2D eigenvalue weighted by atomic mass is 10.2. The van der Waals surface area contributed by atoms with Gasteiger partial charge in [-0.3, -0.25) is 4.79 Å². The van der Waals surface area contributed by atoms with Gasteiger partial charge in [-0.05, 0) is 25.5 Å². The Bertz CT molecular complexity index is 221. The van der Waals surface area contributed by atoms with Crippen LogP contribution in [0.1, 0.15) is 25.7 Å². The lowest BCUT2D eigenvalue weighted by molar-refractivity contribution is -0.120. The van der Waals surface area contributed by atoms with E-state index in [1.165, 1.54) is 6.42 Å². The second-order valence-electron chi connectivity index (χ2n) is 3.32. The van der Waals surface area contributed by atoms with Crippen LogP contribution in [0.15, 0.2) is 0 Å². The first-order chi connectivity index (χ1) is 6.26. The third kappa shape index (κ3) is 3.31. The summed E-state index contributed by atoms with van der Waals surface area (Å²) in [6.07, 6.45) is 10.8. The van der Waals surface area contributed by atoms with E-state index in [0.29, 0.717) is 6.04 Å². The van der Waals surface area contributed by atoms with Gasteiger partial charge >= 0.3 is 0 Å². The molecule has 0 aromatic carbocycles. The van der Waals surface area contributed by atoms with E-state index in [0.717, 1.165) is 18.1 Å². The Morgan fingerprint density at radius 2 is 2.46 bits per heavy atom. The van der Waals surface area contributed by atoms with E-state index in [1.54, 1.807) is 0 Å². The number of carbonyl (C=O) groups excluding carboxylic acids is 1. The molecule has 2 unspecified atom stereocenters. The molecular weight excluding hydrogens is 182 g/mol. The number of hydrogen-bond donors (Lipinski definition) is 1. The topological polar surface area (TPSA) is 29.1 Å². The smallest absolute Gasteiger partial charge is 0.232 e. The summed E-state index contributed by atoms with van der Waals surface area (Å²) in [6.45, 7) is 0. The van der Waals surface area contributed by atoms with Crippen molar-refractivity contribution < 1.29 is 4.79 Å². The molecule has 0 radical (unpaired) electrons. The fourth-order valence-corrected chi connectivity index (χ4v) is 2.45. The van der Waals surface area contributed by atoms with Crippen LogP contribution in [0.5, 0.6) is 0 Å². The molecule has 1 saturated carbocycles. The van der Waals surface area contributed by atoms with Crippen molar-refractivity contribution >= 4 is 17.7 Å². The molecule has 72 valence electrons. The van der Waals surface area contributed by atoms with Crippen molar-refractivity contribution in [1.29, 1.82) is 0 Å². The Labute approximate surface area is 83.9 Å². The van der Waals surface area contributed by atoms with E-state index in [2.05, 4.69) is 17.5 Å². The largest absolute Gasteiger partial charge is 0.353 e. The molecule has 0 aromatic heterocycles. The summed E-state index contributed by atoms with van der Waals surface area (Å²) in [5.74, 6) is 2.34. The minimum atomic E-state index is -0.00532. The van der Waals surface area contributed by atoms with Gasteiger partial charge in [0.1, 0.15) is 0 Å². The van der Waals surface area contributed by atoms with Gasteiger partial charge in [-0.2, -0.15) is 11.8 Å². The summed E-state index contributed by atoms with van der Waals surface area (Å²) < 4.78 is 0. The predicted octanol–water partition coefficient (Wildman–Crippen LogP) is 1.41. The van der Waals surface area contributed by atoms with Crippen molar-refractivity contribution in [2.24, 2.45) is 0 Å². The van der Waals surface area contributed by atoms with Crippen molar-refractivity contribution in [3.05, 3.63) is 0 Å². The SMILES string of the molecule is C#CCC(=O)NC1CCC(SC)C1. The number of amides is 1. The summed E-state index contributed by atoms with van der Waals surface area (Å²) in [6, 6.07) is 0.360. The summed E-state index contributed by atoms with van der Waals surface area (Å²) >= 11 is 1.88. The van der Waals surface area contributed by atoms with E-state index in [1.807, 2.05) is 11.8 Å². The highest BCUT2D eigenvalue weighted by molar-refractivity contribution is 7.99.